The molecule has 20 heavy (non-hydrogen) atoms. The zero-order valence-electron chi connectivity index (χ0n) is 10.3. The Morgan fingerprint density at radius 1 is 1.35 bits per heavy atom. The number of hydrogen-bond donors (Lipinski definition) is 2. The van der Waals surface area contributed by atoms with Crippen molar-refractivity contribution < 1.29 is 22.4 Å². The fourth-order valence-corrected chi connectivity index (χ4v) is 1.44. The van der Waals surface area contributed by atoms with Gasteiger partial charge in [-0.3, -0.25) is 4.79 Å². The molecule has 0 fully saturated rings. The van der Waals surface area contributed by atoms with Crippen molar-refractivity contribution in [3.05, 3.63) is 42.2 Å². The highest BCUT2D eigenvalue weighted by Crippen LogP contribution is 2.24. The Labute approximate surface area is 112 Å². The van der Waals surface area contributed by atoms with Gasteiger partial charge in [-0.05, 0) is 23.3 Å². The van der Waals surface area contributed by atoms with E-state index in [9.17, 15) is 22.4 Å². The maximum Gasteiger partial charge on any atom is 0.287 e. The second kappa shape index (κ2) is 6.23. The van der Waals surface area contributed by atoms with Crippen LogP contribution in [0.4, 0.5) is 23.2 Å². The van der Waals surface area contributed by atoms with Crippen molar-refractivity contribution in [3.63, 3.8) is 0 Å². The van der Waals surface area contributed by atoms with Crippen molar-refractivity contribution in [2.24, 2.45) is 0 Å². The number of halogens is 4. The third kappa shape index (κ3) is 3.37. The largest absolute Gasteiger partial charge is 0.396 e. The molecule has 1 atom stereocenters. The van der Waals surface area contributed by atoms with Gasteiger partial charge in [-0.1, -0.05) is 19.2 Å². The van der Waals surface area contributed by atoms with Gasteiger partial charge in [-0.15, -0.1) is 0 Å². The molecule has 1 aromatic carbocycles. The first-order valence-corrected chi connectivity index (χ1v) is 5.41. The first kappa shape index (κ1) is 15.7. The number of benzene rings is 1. The van der Waals surface area contributed by atoms with Crippen LogP contribution in [-0.4, -0.2) is 18.6 Å². The summed E-state index contributed by atoms with van der Waals surface area (Å²) in [6, 6.07) is 2.11. The number of nitrogens with two attached hydrogens (primary N) is 1. The van der Waals surface area contributed by atoms with Crippen LogP contribution in [0.25, 0.3) is 11.6 Å². The van der Waals surface area contributed by atoms with Crippen LogP contribution in [0.1, 0.15) is 11.1 Å². The van der Waals surface area contributed by atoms with Crippen LogP contribution < -0.4 is 11.1 Å². The molecule has 0 aliphatic rings. The smallest absolute Gasteiger partial charge is 0.287 e. The number of hydrogen-bond acceptors (Lipinski definition) is 2. The van der Waals surface area contributed by atoms with Crippen LogP contribution >= 0.6 is 0 Å². The quantitative estimate of drug-likeness (QED) is 0.379. The number of nitrogens with one attached hydrogen (secondary N) is 1. The topological polar surface area (TPSA) is 55.1 Å². The lowest BCUT2D eigenvalue weighted by atomic mass is 9.99. The molecule has 0 aromatic heterocycles. The minimum absolute atomic E-state index is 0.00864. The van der Waals surface area contributed by atoms with Crippen molar-refractivity contribution in [3.8, 4) is 0 Å². The van der Waals surface area contributed by atoms with Crippen molar-refractivity contribution >= 4 is 23.2 Å². The molecular weight excluding hydrogens is 276 g/mol. The molecule has 0 bridgehead atoms. The van der Waals surface area contributed by atoms with E-state index in [4.69, 9.17) is 5.73 Å². The highest BCUT2D eigenvalue weighted by atomic mass is 19.3. The van der Waals surface area contributed by atoms with Gasteiger partial charge in [0.1, 0.15) is 5.82 Å². The molecule has 3 N–H and O–H groups in total. The molecule has 0 saturated carbocycles. The molecule has 1 aromatic rings. The summed E-state index contributed by atoms with van der Waals surface area (Å²) in [6.07, 6.45) is -4.91. The van der Waals surface area contributed by atoms with Gasteiger partial charge in [-0.25, -0.2) is 17.6 Å². The first-order chi connectivity index (χ1) is 9.27. The Morgan fingerprint density at radius 3 is 2.45 bits per heavy atom. The van der Waals surface area contributed by atoms with E-state index in [0.29, 0.717) is 0 Å². The van der Waals surface area contributed by atoms with Crippen LogP contribution in [-0.2, 0) is 4.79 Å². The molecule has 0 aliphatic heterocycles. The Bertz CT molecular complexity index is 558. The van der Waals surface area contributed by atoms with Gasteiger partial charge in [-0.2, -0.15) is 0 Å². The summed E-state index contributed by atoms with van der Waals surface area (Å²) in [6.45, 7) is 6.79. The number of alkyl halides is 3. The molecule has 1 amide bonds. The summed E-state index contributed by atoms with van der Waals surface area (Å²) in [5, 5.41) is 1.42. The molecule has 108 valence electrons. The van der Waals surface area contributed by atoms with Crippen LogP contribution in [0.3, 0.4) is 0 Å². The predicted molar refractivity (Wildman–Crippen MR) is 69.0 cm³/mol. The van der Waals surface area contributed by atoms with E-state index >= 15 is 0 Å². The second-order valence-corrected chi connectivity index (χ2v) is 3.85. The number of rotatable bonds is 5. The van der Waals surface area contributed by atoms with E-state index < -0.39 is 24.4 Å². The van der Waals surface area contributed by atoms with E-state index in [1.807, 2.05) is 0 Å². The predicted octanol–water partition coefficient (Wildman–Crippen LogP) is 2.74. The van der Waals surface area contributed by atoms with Crippen molar-refractivity contribution in [1.29, 1.82) is 0 Å². The van der Waals surface area contributed by atoms with Gasteiger partial charge in [0.2, 0.25) is 6.30 Å². The molecular formula is C13H12F4N2O. The number of nitrogen functional groups attached to an aromatic ring is 1. The van der Waals surface area contributed by atoms with Crippen LogP contribution in [0.15, 0.2) is 25.3 Å². The summed E-state index contributed by atoms with van der Waals surface area (Å²) < 4.78 is 50.1. The van der Waals surface area contributed by atoms with E-state index in [-0.39, 0.29) is 22.4 Å². The molecule has 0 saturated heterocycles. The summed E-state index contributed by atoms with van der Waals surface area (Å²) >= 11 is 0. The van der Waals surface area contributed by atoms with Gasteiger partial charge in [0.15, 0.2) is 0 Å². The minimum atomic E-state index is -3.37. The lowest BCUT2D eigenvalue weighted by Crippen LogP contribution is -2.36. The van der Waals surface area contributed by atoms with Crippen LogP contribution in [0.5, 0.6) is 0 Å². The average molecular weight is 288 g/mol. The van der Waals surface area contributed by atoms with Crippen molar-refractivity contribution in [2.45, 2.75) is 12.7 Å². The maximum atomic E-state index is 13.4. The summed E-state index contributed by atoms with van der Waals surface area (Å²) in [7, 11) is 0. The van der Waals surface area contributed by atoms with E-state index in [1.54, 1.807) is 0 Å². The zero-order chi connectivity index (χ0) is 15.4. The van der Waals surface area contributed by atoms with E-state index in [1.165, 1.54) is 17.5 Å². The fraction of sp³-hybridized carbons (Fsp3) is 0.154. The highest BCUT2D eigenvalue weighted by molar-refractivity contribution is 6.19. The van der Waals surface area contributed by atoms with Crippen LogP contribution in [0.2, 0.25) is 0 Å². The van der Waals surface area contributed by atoms with Gasteiger partial charge < -0.3 is 11.1 Å². The monoisotopic (exact) mass is 288 g/mol. The molecule has 0 spiro atoms. The number of anilines is 1. The van der Waals surface area contributed by atoms with E-state index in [2.05, 4.69) is 13.2 Å². The van der Waals surface area contributed by atoms with Crippen molar-refractivity contribution in [2.75, 3.05) is 5.73 Å². The third-order valence-corrected chi connectivity index (χ3v) is 2.48. The van der Waals surface area contributed by atoms with Crippen LogP contribution in [0, 0.1) is 5.82 Å². The van der Waals surface area contributed by atoms with Gasteiger partial charge >= 0.3 is 0 Å². The van der Waals surface area contributed by atoms with E-state index in [0.717, 1.165) is 6.07 Å². The van der Waals surface area contributed by atoms with Gasteiger partial charge in [0, 0.05) is 5.57 Å². The number of amides is 1. The Balaban J connectivity index is 3.06. The Morgan fingerprint density at radius 2 is 1.95 bits per heavy atom. The summed E-state index contributed by atoms with van der Waals surface area (Å²) in [4.78, 5) is 11.6. The Hall–Kier alpha value is -2.31. The van der Waals surface area contributed by atoms with Crippen molar-refractivity contribution in [1.82, 2.24) is 5.32 Å². The molecule has 1 rings (SSSR count). The second-order valence-electron chi connectivity index (χ2n) is 3.85. The Kier molecular flexibility index (Phi) is 4.90. The first-order valence-electron chi connectivity index (χ1n) is 5.41. The molecule has 0 heterocycles. The van der Waals surface area contributed by atoms with Gasteiger partial charge in [0.25, 0.3) is 12.3 Å². The fourth-order valence-electron chi connectivity index (χ4n) is 1.44. The maximum absolute atomic E-state index is 13.4. The van der Waals surface area contributed by atoms with Gasteiger partial charge in [0.05, 0.1) is 5.69 Å². The molecule has 7 heteroatoms. The zero-order valence-corrected chi connectivity index (χ0v) is 10.3. The number of carbonyl (C=O) groups is 1. The third-order valence-electron chi connectivity index (χ3n) is 2.48. The summed E-state index contributed by atoms with van der Waals surface area (Å²) in [5.41, 5.74) is 5.07. The SMILES string of the molecule is C=Cc1cc(N)c(F)cc1C(=C)C(=O)NC(F)C(F)F. The molecule has 0 radical (unpaired) electrons. The molecule has 1 unspecified atom stereocenters. The molecule has 0 aliphatic carbocycles. The standard InChI is InChI=1S/C13H12F4N2O/c1-3-7-4-10(18)9(14)5-8(7)6(2)13(20)19-12(17)11(15)16/h3-5,11-12H,1-2,18H2,(H,19,20). The lowest BCUT2D eigenvalue weighted by Gasteiger charge is -2.13. The normalized spacial score (nSPS) is 12.1. The summed E-state index contributed by atoms with van der Waals surface area (Å²) in [5.74, 6) is -1.99. The lowest BCUT2D eigenvalue weighted by molar-refractivity contribution is -0.119. The average Bonchev–Trinajstić information content (AvgIpc) is 2.40. The molecule has 3 nitrogen and oxygen atoms in total. The highest BCUT2D eigenvalue weighted by Gasteiger charge is 2.23. The minimum Gasteiger partial charge on any atom is -0.396 e. The number of carbonyl (C=O) groups excluding carboxylic acids is 1.